The van der Waals surface area contributed by atoms with Crippen molar-refractivity contribution >= 4 is 23.4 Å². The molecule has 29 heavy (non-hydrogen) atoms. The normalized spacial score (nSPS) is 13.7. The maximum Gasteiger partial charge on any atom is 0.237 e. The van der Waals surface area contributed by atoms with Crippen molar-refractivity contribution in [1.29, 1.82) is 0 Å². The van der Waals surface area contributed by atoms with Crippen LogP contribution < -0.4 is 14.8 Å². The Morgan fingerprint density at radius 1 is 1.14 bits per heavy atom. The molecular weight excluding hydrogens is 388 g/mol. The number of hydrogen-bond acceptors (Lipinski definition) is 6. The number of carbonyl (C=O) groups excluding carboxylic acids is 1. The highest BCUT2D eigenvalue weighted by molar-refractivity contribution is 8.00. The first-order chi connectivity index (χ1) is 14.2. The monoisotopic (exact) mass is 410 g/mol. The van der Waals surface area contributed by atoms with E-state index in [9.17, 15) is 4.79 Å². The van der Waals surface area contributed by atoms with Crippen LogP contribution in [-0.4, -0.2) is 39.1 Å². The van der Waals surface area contributed by atoms with E-state index in [2.05, 4.69) is 15.5 Å². The van der Waals surface area contributed by atoms with Crippen molar-refractivity contribution < 1.29 is 14.3 Å². The number of ether oxygens (including phenoxy) is 2. The van der Waals surface area contributed by atoms with Crippen LogP contribution in [0.15, 0.2) is 53.7 Å². The fraction of sp³-hybridized carbons (Fsp3) is 0.286. The number of hydrogen-bond donors (Lipinski definition) is 1. The minimum absolute atomic E-state index is 0.112. The summed E-state index contributed by atoms with van der Waals surface area (Å²) in [5, 5.41) is 11.9. The Labute approximate surface area is 173 Å². The van der Waals surface area contributed by atoms with Crippen LogP contribution in [0.3, 0.4) is 0 Å². The highest BCUT2D eigenvalue weighted by Crippen LogP contribution is 2.33. The van der Waals surface area contributed by atoms with Gasteiger partial charge >= 0.3 is 0 Å². The summed E-state index contributed by atoms with van der Waals surface area (Å²) in [6.45, 7) is 5.66. The molecule has 1 aromatic heterocycles. The van der Waals surface area contributed by atoms with Crippen molar-refractivity contribution in [2.75, 3.05) is 18.5 Å². The lowest BCUT2D eigenvalue weighted by atomic mass is 10.2. The van der Waals surface area contributed by atoms with Crippen molar-refractivity contribution in [1.82, 2.24) is 14.8 Å². The van der Waals surface area contributed by atoms with Gasteiger partial charge < -0.3 is 19.4 Å². The van der Waals surface area contributed by atoms with E-state index < -0.39 is 0 Å². The lowest BCUT2D eigenvalue weighted by molar-refractivity contribution is -0.115. The van der Waals surface area contributed by atoms with E-state index in [1.54, 1.807) is 6.07 Å². The van der Waals surface area contributed by atoms with Crippen molar-refractivity contribution in [3.05, 3.63) is 48.5 Å². The number of nitrogens with zero attached hydrogens (tertiary/aromatic N) is 3. The summed E-state index contributed by atoms with van der Waals surface area (Å²) in [6, 6.07) is 15.3. The molecule has 1 aliphatic rings. The molecule has 7 nitrogen and oxygen atoms in total. The van der Waals surface area contributed by atoms with E-state index in [1.165, 1.54) is 11.8 Å². The predicted octanol–water partition coefficient (Wildman–Crippen LogP) is 3.86. The summed E-state index contributed by atoms with van der Waals surface area (Å²) in [7, 11) is 0. The molecule has 4 rings (SSSR count). The van der Waals surface area contributed by atoms with Gasteiger partial charge in [-0.15, -0.1) is 10.2 Å². The van der Waals surface area contributed by atoms with Gasteiger partial charge in [0.25, 0.3) is 0 Å². The number of nitrogens with one attached hydrogen (secondary N) is 1. The van der Waals surface area contributed by atoms with Gasteiger partial charge in [0, 0.05) is 23.9 Å². The quantitative estimate of drug-likeness (QED) is 0.622. The van der Waals surface area contributed by atoms with Crippen molar-refractivity contribution in [3.8, 4) is 22.9 Å². The molecule has 0 aliphatic carbocycles. The molecular formula is C21H22N4O3S. The average molecular weight is 410 g/mol. The van der Waals surface area contributed by atoms with Crippen LogP contribution in [0, 0.1) is 0 Å². The standard InChI is InChI=1S/C21H22N4O3S/c1-3-25-19(15-7-5-4-6-8-15)23-24-21(25)29-14(2)20(26)22-16-9-10-17-18(13-16)28-12-11-27-17/h4-10,13-14H,3,11-12H2,1-2H3,(H,22,26)/t14-/m1/s1. The van der Waals surface area contributed by atoms with E-state index in [0.717, 1.165) is 23.1 Å². The zero-order chi connectivity index (χ0) is 20.2. The van der Waals surface area contributed by atoms with Crippen molar-refractivity contribution in [2.45, 2.75) is 30.8 Å². The Balaban J connectivity index is 1.46. The van der Waals surface area contributed by atoms with Crippen LogP contribution in [0.1, 0.15) is 13.8 Å². The van der Waals surface area contributed by atoms with Crippen molar-refractivity contribution in [2.24, 2.45) is 0 Å². The van der Waals surface area contributed by atoms with Gasteiger partial charge in [-0.05, 0) is 26.0 Å². The largest absolute Gasteiger partial charge is 0.486 e. The molecule has 1 amide bonds. The zero-order valence-corrected chi connectivity index (χ0v) is 17.1. The molecule has 150 valence electrons. The molecule has 1 N–H and O–H groups in total. The van der Waals surface area contributed by atoms with Gasteiger partial charge in [0.2, 0.25) is 5.91 Å². The molecule has 0 spiro atoms. The molecule has 0 radical (unpaired) electrons. The van der Waals surface area contributed by atoms with Gasteiger partial charge in [0.05, 0.1) is 5.25 Å². The minimum Gasteiger partial charge on any atom is -0.486 e. The molecule has 2 heterocycles. The Morgan fingerprint density at radius 2 is 1.90 bits per heavy atom. The maximum atomic E-state index is 12.7. The number of fused-ring (bicyclic) bond motifs is 1. The molecule has 1 aliphatic heterocycles. The van der Waals surface area contributed by atoms with Gasteiger partial charge in [-0.25, -0.2) is 0 Å². The summed E-state index contributed by atoms with van der Waals surface area (Å²) in [6.07, 6.45) is 0. The number of aromatic nitrogens is 3. The van der Waals surface area contributed by atoms with Crippen LogP contribution >= 0.6 is 11.8 Å². The number of anilines is 1. The topological polar surface area (TPSA) is 78.3 Å². The van der Waals surface area contributed by atoms with E-state index in [4.69, 9.17) is 9.47 Å². The number of benzene rings is 2. The van der Waals surface area contributed by atoms with E-state index in [0.29, 0.717) is 30.4 Å². The van der Waals surface area contributed by atoms with Gasteiger partial charge in [0.15, 0.2) is 22.5 Å². The zero-order valence-electron chi connectivity index (χ0n) is 16.3. The smallest absolute Gasteiger partial charge is 0.237 e. The van der Waals surface area contributed by atoms with Crippen LogP contribution in [0.4, 0.5) is 5.69 Å². The van der Waals surface area contributed by atoms with Gasteiger partial charge in [-0.1, -0.05) is 42.1 Å². The Kier molecular flexibility index (Phi) is 5.71. The molecule has 1 atom stereocenters. The molecule has 2 aromatic carbocycles. The second kappa shape index (κ2) is 8.57. The lowest BCUT2D eigenvalue weighted by Gasteiger charge is -2.19. The Bertz CT molecular complexity index is 1010. The highest BCUT2D eigenvalue weighted by Gasteiger charge is 2.21. The summed E-state index contributed by atoms with van der Waals surface area (Å²) in [5.41, 5.74) is 1.68. The Morgan fingerprint density at radius 3 is 2.66 bits per heavy atom. The molecule has 0 saturated carbocycles. The van der Waals surface area contributed by atoms with Crippen LogP contribution in [-0.2, 0) is 11.3 Å². The molecule has 8 heteroatoms. The third-order valence-corrected chi connectivity index (χ3v) is 5.61. The molecule has 0 bridgehead atoms. The summed E-state index contributed by atoms with van der Waals surface area (Å²) >= 11 is 1.39. The third-order valence-electron chi connectivity index (χ3n) is 4.53. The molecule has 0 fully saturated rings. The fourth-order valence-corrected chi connectivity index (χ4v) is 3.95. The van der Waals surface area contributed by atoms with Gasteiger partial charge in [0.1, 0.15) is 13.2 Å². The number of thioether (sulfide) groups is 1. The maximum absolute atomic E-state index is 12.7. The van der Waals surface area contributed by atoms with Gasteiger partial charge in [-0.3, -0.25) is 4.79 Å². The summed E-state index contributed by atoms with van der Waals surface area (Å²) < 4.78 is 13.1. The summed E-state index contributed by atoms with van der Waals surface area (Å²) in [4.78, 5) is 12.7. The van der Waals surface area contributed by atoms with Crippen molar-refractivity contribution in [3.63, 3.8) is 0 Å². The van der Waals surface area contributed by atoms with E-state index in [-0.39, 0.29) is 11.2 Å². The SMILES string of the molecule is CCn1c(S[C@H](C)C(=O)Nc2ccc3c(c2)OCCO3)nnc1-c1ccccc1. The third kappa shape index (κ3) is 4.22. The molecule has 0 unspecified atom stereocenters. The number of amides is 1. The minimum atomic E-state index is -0.346. The Hall–Kier alpha value is -3.00. The van der Waals surface area contributed by atoms with Crippen LogP contribution in [0.5, 0.6) is 11.5 Å². The van der Waals surface area contributed by atoms with Gasteiger partial charge in [-0.2, -0.15) is 0 Å². The second-order valence-electron chi connectivity index (χ2n) is 6.52. The van der Waals surface area contributed by atoms with Crippen LogP contribution in [0.2, 0.25) is 0 Å². The number of rotatable bonds is 6. The van der Waals surface area contributed by atoms with E-state index >= 15 is 0 Å². The average Bonchev–Trinajstić information content (AvgIpc) is 3.16. The molecule has 0 saturated heterocycles. The lowest BCUT2D eigenvalue weighted by Crippen LogP contribution is -2.23. The van der Waals surface area contributed by atoms with E-state index in [1.807, 2.05) is 60.9 Å². The summed E-state index contributed by atoms with van der Waals surface area (Å²) in [5.74, 6) is 2.03. The van der Waals surface area contributed by atoms with Crippen LogP contribution in [0.25, 0.3) is 11.4 Å². The first-order valence-corrected chi connectivity index (χ1v) is 10.4. The highest BCUT2D eigenvalue weighted by atomic mass is 32.2. The molecule has 3 aromatic rings. The first kappa shape index (κ1) is 19.3. The fourth-order valence-electron chi connectivity index (χ4n) is 3.04. The number of carbonyl (C=O) groups is 1. The predicted molar refractivity (Wildman–Crippen MR) is 113 cm³/mol. The first-order valence-electron chi connectivity index (χ1n) is 9.51. The second-order valence-corrected chi connectivity index (χ2v) is 7.83.